The average molecular weight is 253 g/mol. The van der Waals surface area contributed by atoms with Crippen molar-refractivity contribution in [1.82, 2.24) is 9.97 Å². The van der Waals surface area contributed by atoms with Gasteiger partial charge in [-0.2, -0.15) is 0 Å². The van der Waals surface area contributed by atoms with Gasteiger partial charge >= 0.3 is 5.97 Å². The molecule has 0 saturated carbocycles. The van der Waals surface area contributed by atoms with E-state index in [2.05, 4.69) is 15.3 Å². The summed E-state index contributed by atoms with van der Waals surface area (Å²) in [6, 6.07) is 0.907. The van der Waals surface area contributed by atoms with Gasteiger partial charge in [0.05, 0.1) is 6.10 Å². The number of nitrogens with one attached hydrogen (secondary N) is 1. The number of ether oxygens (including phenoxy) is 1. The molecular formula is C12H19N3O3. The molecule has 6 nitrogen and oxygen atoms in total. The summed E-state index contributed by atoms with van der Waals surface area (Å²) in [7, 11) is 0. The van der Waals surface area contributed by atoms with Gasteiger partial charge in [0.25, 0.3) is 0 Å². The van der Waals surface area contributed by atoms with Crippen LogP contribution < -0.4 is 10.1 Å². The average Bonchev–Trinajstić information content (AvgIpc) is 2.24. The van der Waals surface area contributed by atoms with Crippen LogP contribution >= 0.6 is 0 Å². The number of hydrogen-bond acceptors (Lipinski definition) is 5. The predicted octanol–water partition coefficient (Wildman–Crippen LogP) is 1.78. The number of nitrogens with zero attached hydrogens (tertiary/aromatic N) is 2. The maximum absolute atomic E-state index is 11.1. The largest absolute Gasteiger partial charge is 0.480 e. The fourth-order valence-corrected chi connectivity index (χ4v) is 1.40. The molecule has 0 aliphatic rings. The Bertz CT molecular complexity index is 407. The van der Waals surface area contributed by atoms with E-state index in [0.29, 0.717) is 11.7 Å². The third-order valence-corrected chi connectivity index (χ3v) is 2.23. The molecule has 1 aromatic rings. The first kappa shape index (κ1) is 14.2. The number of carboxylic acid groups (broad SMARTS) is 1. The lowest BCUT2D eigenvalue weighted by molar-refractivity contribution is -0.138. The van der Waals surface area contributed by atoms with Gasteiger partial charge < -0.3 is 15.2 Å². The van der Waals surface area contributed by atoms with E-state index in [-0.39, 0.29) is 12.0 Å². The molecule has 0 fully saturated rings. The first-order valence-corrected chi connectivity index (χ1v) is 5.88. The number of aromatic nitrogens is 2. The molecule has 1 rings (SSSR count). The Morgan fingerprint density at radius 3 is 2.50 bits per heavy atom. The highest BCUT2D eigenvalue weighted by Crippen LogP contribution is 2.15. The van der Waals surface area contributed by atoms with Gasteiger partial charge in [-0.05, 0) is 19.8 Å². The van der Waals surface area contributed by atoms with Crippen LogP contribution in [0.25, 0.3) is 0 Å². The molecule has 1 heterocycles. The molecule has 1 aromatic heterocycles. The summed E-state index contributed by atoms with van der Waals surface area (Å²) in [4.78, 5) is 19.0. The quantitative estimate of drug-likeness (QED) is 0.804. The zero-order valence-electron chi connectivity index (χ0n) is 11.0. The van der Waals surface area contributed by atoms with Crippen molar-refractivity contribution in [2.75, 3.05) is 5.32 Å². The highest BCUT2D eigenvalue weighted by atomic mass is 16.5. The fourth-order valence-electron chi connectivity index (χ4n) is 1.40. The van der Waals surface area contributed by atoms with Crippen LogP contribution in [0.2, 0.25) is 0 Å². The van der Waals surface area contributed by atoms with E-state index in [4.69, 9.17) is 9.84 Å². The molecule has 0 bridgehead atoms. The maximum atomic E-state index is 11.1. The van der Waals surface area contributed by atoms with Crippen molar-refractivity contribution in [3.8, 4) is 5.88 Å². The van der Waals surface area contributed by atoms with E-state index in [1.807, 2.05) is 27.7 Å². The van der Waals surface area contributed by atoms with Crippen LogP contribution in [0.5, 0.6) is 5.88 Å². The molecule has 0 aliphatic carbocycles. The standard InChI is InChI=1S/C12H19N3O3/c1-7(2)11(12(16)17)15-9-5-10(14-6-13-9)18-8(3)4/h5-8,11H,1-4H3,(H,16,17)(H,13,14,15)/t11-/m1/s1. The second-order valence-corrected chi connectivity index (χ2v) is 4.61. The van der Waals surface area contributed by atoms with Crippen LogP contribution in [-0.4, -0.2) is 33.2 Å². The second kappa shape index (κ2) is 6.18. The van der Waals surface area contributed by atoms with Crippen molar-refractivity contribution in [2.24, 2.45) is 5.92 Å². The molecular weight excluding hydrogens is 234 g/mol. The third kappa shape index (κ3) is 4.20. The van der Waals surface area contributed by atoms with Crippen molar-refractivity contribution in [1.29, 1.82) is 0 Å². The normalized spacial score (nSPS) is 12.6. The lowest BCUT2D eigenvalue weighted by Gasteiger charge is -2.18. The Labute approximate surface area is 106 Å². The van der Waals surface area contributed by atoms with Gasteiger partial charge in [-0.3, -0.25) is 0 Å². The van der Waals surface area contributed by atoms with Crippen LogP contribution in [0.3, 0.4) is 0 Å². The number of rotatable bonds is 6. The van der Waals surface area contributed by atoms with Crippen LogP contribution in [-0.2, 0) is 4.79 Å². The molecule has 1 atom stereocenters. The van der Waals surface area contributed by atoms with Crippen molar-refractivity contribution >= 4 is 11.8 Å². The van der Waals surface area contributed by atoms with Crippen LogP contribution in [0, 0.1) is 5.92 Å². The molecule has 2 N–H and O–H groups in total. The van der Waals surface area contributed by atoms with E-state index >= 15 is 0 Å². The minimum absolute atomic E-state index is 0.00752. The minimum Gasteiger partial charge on any atom is -0.480 e. The molecule has 0 radical (unpaired) electrons. The Hall–Kier alpha value is -1.85. The highest BCUT2D eigenvalue weighted by Gasteiger charge is 2.21. The third-order valence-electron chi connectivity index (χ3n) is 2.23. The summed E-state index contributed by atoms with van der Waals surface area (Å²) >= 11 is 0. The summed E-state index contributed by atoms with van der Waals surface area (Å²) in [6.07, 6.45) is 1.35. The Morgan fingerprint density at radius 2 is 2.00 bits per heavy atom. The highest BCUT2D eigenvalue weighted by molar-refractivity contribution is 5.77. The van der Waals surface area contributed by atoms with E-state index in [1.165, 1.54) is 6.33 Å². The number of anilines is 1. The van der Waals surface area contributed by atoms with Crippen molar-refractivity contribution in [3.05, 3.63) is 12.4 Å². The lowest BCUT2D eigenvalue weighted by Crippen LogP contribution is -2.34. The monoisotopic (exact) mass is 253 g/mol. The minimum atomic E-state index is -0.907. The predicted molar refractivity (Wildman–Crippen MR) is 67.7 cm³/mol. The summed E-state index contributed by atoms with van der Waals surface area (Å²) in [5.74, 6) is -0.0842. The van der Waals surface area contributed by atoms with E-state index in [9.17, 15) is 4.79 Å². The molecule has 0 unspecified atom stereocenters. The van der Waals surface area contributed by atoms with Gasteiger partial charge in [-0.25, -0.2) is 14.8 Å². The van der Waals surface area contributed by atoms with Gasteiger partial charge in [-0.15, -0.1) is 0 Å². The summed E-state index contributed by atoms with van der Waals surface area (Å²) < 4.78 is 5.42. The van der Waals surface area contributed by atoms with Gasteiger partial charge in [-0.1, -0.05) is 13.8 Å². The molecule has 0 aromatic carbocycles. The van der Waals surface area contributed by atoms with Gasteiger partial charge in [0.15, 0.2) is 0 Å². The summed E-state index contributed by atoms with van der Waals surface area (Å²) in [6.45, 7) is 7.45. The molecule has 100 valence electrons. The Balaban J connectivity index is 2.80. The lowest BCUT2D eigenvalue weighted by atomic mass is 10.1. The Kier molecular flexibility index (Phi) is 4.88. The summed E-state index contributed by atoms with van der Waals surface area (Å²) in [5.41, 5.74) is 0. The molecule has 0 amide bonds. The molecule has 0 aliphatic heterocycles. The van der Waals surface area contributed by atoms with Crippen LogP contribution in [0.15, 0.2) is 12.4 Å². The number of carboxylic acids is 1. The molecule has 6 heteroatoms. The smallest absolute Gasteiger partial charge is 0.326 e. The number of hydrogen-bond donors (Lipinski definition) is 2. The summed E-state index contributed by atoms with van der Waals surface area (Å²) in [5, 5.41) is 11.9. The van der Waals surface area contributed by atoms with Crippen molar-refractivity contribution in [2.45, 2.75) is 39.8 Å². The SMILES string of the molecule is CC(C)Oc1cc(N[C@@H](C(=O)O)C(C)C)ncn1. The van der Waals surface area contributed by atoms with Crippen molar-refractivity contribution in [3.63, 3.8) is 0 Å². The van der Waals surface area contributed by atoms with E-state index < -0.39 is 12.0 Å². The zero-order valence-corrected chi connectivity index (χ0v) is 11.0. The van der Waals surface area contributed by atoms with E-state index in [0.717, 1.165) is 0 Å². The van der Waals surface area contributed by atoms with Crippen LogP contribution in [0.1, 0.15) is 27.7 Å². The van der Waals surface area contributed by atoms with E-state index in [1.54, 1.807) is 6.07 Å². The Morgan fingerprint density at radius 1 is 1.33 bits per heavy atom. The van der Waals surface area contributed by atoms with Gasteiger partial charge in [0, 0.05) is 6.07 Å². The first-order chi connectivity index (χ1) is 8.40. The van der Waals surface area contributed by atoms with Gasteiger partial charge in [0.1, 0.15) is 18.2 Å². The first-order valence-electron chi connectivity index (χ1n) is 5.88. The molecule has 0 saturated heterocycles. The second-order valence-electron chi connectivity index (χ2n) is 4.61. The van der Waals surface area contributed by atoms with Crippen molar-refractivity contribution < 1.29 is 14.6 Å². The molecule has 0 spiro atoms. The topological polar surface area (TPSA) is 84.3 Å². The number of carbonyl (C=O) groups is 1. The van der Waals surface area contributed by atoms with Crippen LogP contribution in [0.4, 0.5) is 5.82 Å². The number of aliphatic carboxylic acids is 1. The fraction of sp³-hybridized carbons (Fsp3) is 0.583. The van der Waals surface area contributed by atoms with Gasteiger partial charge in [0.2, 0.25) is 5.88 Å². The molecule has 18 heavy (non-hydrogen) atoms. The zero-order chi connectivity index (χ0) is 13.7. The maximum Gasteiger partial charge on any atom is 0.326 e.